The number of anilines is 1. The molecule has 2 aliphatic rings. The summed E-state index contributed by atoms with van der Waals surface area (Å²) in [6.07, 6.45) is 5.79. The second kappa shape index (κ2) is 7.43. The molecule has 2 amide bonds. The van der Waals surface area contributed by atoms with E-state index in [0.29, 0.717) is 6.54 Å². The summed E-state index contributed by atoms with van der Waals surface area (Å²) in [6.45, 7) is 3.21. The number of carbonyl (C=O) groups excluding carboxylic acids is 2. The number of halogens is 1. The van der Waals surface area contributed by atoms with Gasteiger partial charge in [-0.25, -0.2) is 0 Å². The first-order chi connectivity index (χ1) is 13.0. The molecular formula is C21H22BrN3O2. The highest BCUT2D eigenvalue weighted by Crippen LogP contribution is 2.35. The minimum Gasteiger partial charge on any atom is -0.335 e. The monoisotopic (exact) mass is 427 g/mol. The summed E-state index contributed by atoms with van der Waals surface area (Å²) in [6, 6.07) is 9.93. The zero-order valence-electron chi connectivity index (χ0n) is 15.3. The SMILES string of the molecule is Cc1cc(N2CC(C(=O)N3CCCC3c3ccncc3)CC2=O)ccc1Br. The molecule has 0 saturated carbocycles. The maximum absolute atomic E-state index is 13.2. The number of nitrogens with zero attached hydrogens (tertiary/aromatic N) is 3. The Balaban J connectivity index is 1.51. The van der Waals surface area contributed by atoms with Crippen LogP contribution in [-0.2, 0) is 9.59 Å². The number of benzene rings is 1. The fraction of sp³-hybridized carbons (Fsp3) is 0.381. The summed E-state index contributed by atoms with van der Waals surface area (Å²) in [5.74, 6) is -0.155. The highest BCUT2D eigenvalue weighted by atomic mass is 79.9. The molecule has 2 aliphatic heterocycles. The zero-order valence-corrected chi connectivity index (χ0v) is 16.9. The molecule has 2 atom stereocenters. The van der Waals surface area contributed by atoms with Gasteiger partial charge in [-0.1, -0.05) is 15.9 Å². The van der Waals surface area contributed by atoms with Crippen molar-refractivity contribution in [3.63, 3.8) is 0 Å². The standard InChI is InChI=1S/C21H22BrN3O2/c1-14-11-17(4-5-18(14)22)25-13-16(12-20(25)26)21(27)24-10-2-3-19(24)15-6-8-23-9-7-15/h4-9,11,16,19H,2-3,10,12-13H2,1H3. The van der Waals surface area contributed by atoms with Gasteiger partial charge in [-0.05, 0) is 61.2 Å². The molecule has 6 heteroatoms. The van der Waals surface area contributed by atoms with Gasteiger partial charge in [0.05, 0.1) is 12.0 Å². The van der Waals surface area contributed by atoms with Crippen LogP contribution < -0.4 is 4.90 Å². The van der Waals surface area contributed by atoms with E-state index >= 15 is 0 Å². The van der Waals surface area contributed by atoms with Crippen LogP contribution in [0.5, 0.6) is 0 Å². The molecule has 2 saturated heterocycles. The predicted molar refractivity (Wildman–Crippen MR) is 107 cm³/mol. The van der Waals surface area contributed by atoms with E-state index in [9.17, 15) is 9.59 Å². The van der Waals surface area contributed by atoms with Crippen LogP contribution in [0.15, 0.2) is 47.2 Å². The van der Waals surface area contributed by atoms with Gasteiger partial charge in [-0.2, -0.15) is 0 Å². The molecule has 3 heterocycles. The first-order valence-corrected chi connectivity index (χ1v) is 10.1. The number of carbonyl (C=O) groups is 2. The van der Waals surface area contributed by atoms with E-state index < -0.39 is 0 Å². The molecule has 0 spiro atoms. The van der Waals surface area contributed by atoms with Gasteiger partial charge in [0, 0.05) is 42.1 Å². The first kappa shape index (κ1) is 18.2. The predicted octanol–water partition coefficient (Wildman–Crippen LogP) is 3.87. The molecule has 2 fully saturated rings. The van der Waals surface area contributed by atoms with Gasteiger partial charge in [0.15, 0.2) is 0 Å². The summed E-state index contributed by atoms with van der Waals surface area (Å²) < 4.78 is 1.02. The van der Waals surface area contributed by atoms with Crippen molar-refractivity contribution in [2.24, 2.45) is 5.92 Å². The summed E-state index contributed by atoms with van der Waals surface area (Å²) in [5, 5.41) is 0. The van der Waals surface area contributed by atoms with Crippen molar-refractivity contribution in [2.75, 3.05) is 18.0 Å². The molecular weight excluding hydrogens is 406 g/mol. The molecule has 1 aromatic carbocycles. The number of amides is 2. The Morgan fingerprint density at radius 2 is 2.00 bits per heavy atom. The Kier molecular flexibility index (Phi) is 5.00. The Hall–Kier alpha value is -2.21. The van der Waals surface area contributed by atoms with Crippen molar-refractivity contribution in [3.05, 3.63) is 58.3 Å². The topological polar surface area (TPSA) is 53.5 Å². The molecule has 4 rings (SSSR count). The molecule has 27 heavy (non-hydrogen) atoms. The minimum atomic E-state index is -0.274. The number of aromatic nitrogens is 1. The van der Waals surface area contributed by atoms with E-state index in [1.807, 2.05) is 42.2 Å². The Bertz CT molecular complexity index is 871. The van der Waals surface area contributed by atoms with Crippen LogP contribution in [-0.4, -0.2) is 34.8 Å². The maximum atomic E-state index is 13.2. The molecule has 2 unspecified atom stereocenters. The lowest BCUT2D eigenvalue weighted by atomic mass is 10.0. The van der Waals surface area contributed by atoms with Gasteiger partial charge in [-0.3, -0.25) is 14.6 Å². The second-order valence-electron chi connectivity index (χ2n) is 7.31. The van der Waals surface area contributed by atoms with Gasteiger partial charge < -0.3 is 9.80 Å². The summed E-state index contributed by atoms with van der Waals surface area (Å²) in [4.78, 5) is 33.6. The van der Waals surface area contributed by atoms with Crippen LogP contribution >= 0.6 is 15.9 Å². The third kappa shape index (κ3) is 3.50. The molecule has 0 bridgehead atoms. The molecule has 5 nitrogen and oxygen atoms in total. The maximum Gasteiger partial charge on any atom is 0.228 e. The van der Waals surface area contributed by atoms with Crippen molar-refractivity contribution in [1.82, 2.24) is 9.88 Å². The first-order valence-electron chi connectivity index (χ1n) is 9.31. The molecule has 0 aliphatic carbocycles. The third-order valence-corrected chi connectivity index (χ3v) is 6.44. The average molecular weight is 428 g/mol. The van der Waals surface area contributed by atoms with E-state index in [1.54, 1.807) is 17.3 Å². The lowest BCUT2D eigenvalue weighted by Gasteiger charge is -2.27. The van der Waals surface area contributed by atoms with Crippen LogP contribution in [0.2, 0.25) is 0 Å². The summed E-state index contributed by atoms with van der Waals surface area (Å²) >= 11 is 3.49. The lowest BCUT2D eigenvalue weighted by molar-refractivity contribution is -0.136. The van der Waals surface area contributed by atoms with Gasteiger partial charge in [-0.15, -0.1) is 0 Å². The van der Waals surface area contributed by atoms with Gasteiger partial charge >= 0.3 is 0 Å². The van der Waals surface area contributed by atoms with Crippen molar-refractivity contribution in [1.29, 1.82) is 0 Å². The highest BCUT2D eigenvalue weighted by molar-refractivity contribution is 9.10. The zero-order chi connectivity index (χ0) is 19.0. The van der Waals surface area contributed by atoms with Crippen LogP contribution in [0.3, 0.4) is 0 Å². The Labute approximate surface area is 167 Å². The van der Waals surface area contributed by atoms with Gasteiger partial charge in [0.25, 0.3) is 0 Å². The molecule has 140 valence electrons. The van der Waals surface area contributed by atoms with Gasteiger partial charge in [0.1, 0.15) is 0 Å². The van der Waals surface area contributed by atoms with E-state index in [2.05, 4.69) is 20.9 Å². The van der Waals surface area contributed by atoms with Crippen molar-refractivity contribution in [3.8, 4) is 0 Å². The van der Waals surface area contributed by atoms with Crippen LogP contribution in [0.4, 0.5) is 5.69 Å². The third-order valence-electron chi connectivity index (χ3n) is 5.55. The van der Waals surface area contributed by atoms with E-state index in [1.165, 1.54) is 0 Å². The number of likely N-dealkylation sites (tertiary alicyclic amines) is 1. The van der Waals surface area contributed by atoms with Crippen molar-refractivity contribution >= 4 is 33.4 Å². The summed E-state index contributed by atoms with van der Waals surface area (Å²) in [7, 11) is 0. The van der Waals surface area contributed by atoms with Crippen LogP contribution in [0, 0.1) is 12.8 Å². The van der Waals surface area contributed by atoms with E-state index in [0.717, 1.165) is 40.7 Å². The normalized spacial score (nSPS) is 22.5. The molecule has 1 aromatic heterocycles. The Morgan fingerprint density at radius 3 is 2.74 bits per heavy atom. The van der Waals surface area contributed by atoms with Crippen molar-refractivity contribution in [2.45, 2.75) is 32.2 Å². The average Bonchev–Trinajstić information content (AvgIpc) is 3.31. The van der Waals surface area contributed by atoms with Gasteiger partial charge in [0.2, 0.25) is 11.8 Å². The fourth-order valence-corrected chi connectivity index (χ4v) is 4.36. The number of pyridine rings is 1. The van der Waals surface area contributed by atoms with E-state index in [4.69, 9.17) is 0 Å². The Morgan fingerprint density at radius 1 is 1.22 bits per heavy atom. The minimum absolute atomic E-state index is 0.0229. The van der Waals surface area contributed by atoms with Crippen LogP contribution in [0.1, 0.15) is 36.4 Å². The smallest absolute Gasteiger partial charge is 0.228 e. The number of hydrogen-bond acceptors (Lipinski definition) is 3. The quantitative estimate of drug-likeness (QED) is 0.746. The molecule has 2 aromatic rings. The second-order valence-corrected chi connectivity index (χ2v) is 8.16. The largest absolute Gasteiger partial charge is 0.335 e. The number of rotatable bonds is 3. The molecule has 0 N–H and O–H groups in total. The van der Waals surface area contributed by atoms with Crippen LogP contribution in [0.25, 0.3) is 0 Å². The number of hydrogen-bond donors (Lipinski definition) is 0. The summed E-state index contributed by atoms with van der Waals surface area (Å²) in [5.41, 5.74) is 3.07. The fourth-order valence-electron chi connectivity index (χ4n) is 4.12. The molecule has 0 radical (unpaired) electrons. The highest BCUT2D eigenvalue weighted by Gasteiger charge is 2.40. The lowest BCUT2D eigenvalue weighted by Crippen LogP contribution is -2.37. The van der Waals surface area contributed by atoms with Crippen molar-refractivity contribution < 1.29 is 9.59 Å². The number of aryl methyl sites for hydroxylation is 1. The van der Waals surface area contributed by atoms with E-state index in [-0.39, 0.29) is 30.2 Å².